The van der Waals surface area contributed by atoms with Gasteiger partial charge in [0.05, 0.1) is 11.4 Å². The first kappa shape index (κ1) is 27.0. The highest BCUT2D eigenvalue weighted by Crippen LogP contribution is 2.42. The summed E-state index contributed by atoms with van der Waals surface area (Å²) >= 11 is 0. The molecule has 0 spiro atoms. The standard InChI is InChI=1S/C43H34N2/c1-3-16-36(17-4-1)44(42-22-10-14-34-12-7-8-20-40(34)42)38-28-24-32(25-29-38)33-26-30-39(31-27-33)45(37-18-5-2-6-19-37)43-23-11-15-35-13-9-21-41(35)43/h1-6,8-11,13-20,22-31H,7,12,21H2. The van der Waals surface area contributed by atoms with Crippen molar-refractivity contribution >= 4 is 46.3 Å². The van der Waals surface area contributed by atoms with Crippen molar-refractivity contribution in [3.63, 3.8) is 0 Å². The summed E-state index contributed by atoms with van der Waals surface area (Å²) in [4.78, 5) is 4.76. The Hall–Kier alpha value is -5.60. The molecular formula is C43H34N2. The summed E-state index contributed by atoms with van der Waals surface area (Å²) in [5.41, 5.74) is 14.9. The van der Waals surface area contributed by atoms with Gasteiger partial charge in [0, 0.05) is 28.3 Å². The van der Waals surface area contributed by atoms with Crippen LogP contribution in [0.4, 0.5) is 34.1 Å². The number of benzene rings is 6. The zero-order chi connectivity index (χ0) is 30.0. The lowest BCUT2D eigenvalue weighted by Crippen LogP contribution is -2.13. The summed E-state index contributed by atoms with van der Waals surface area (Å²) in [5, 5.41) is 0. The maximum Gasteiger partial charge on any atom is 0.0536 e. The number of hydrogen-bond donors (Lipinski definition) is 0. The third-order valence-corrected chi connectivity index (χ3v) is 8.94. The lowest BCUT2D eigenvalue weighted by molar-refractivity contribution is 0.984. The summed E-state index contributed by atoms with van der Waals surface area (Å²) in [6.45, 7) is 0. The van der Waals surface area contributed by atoms with Gasteiger partial charge in [-0.2, -0.15) is 0 Å². The fourth-order valence-electron chi connectivity index (χ4n) is 6.74. The first-order valence-electron chi connectivity index (χ1n) is 15.8. The maximum absolute atomic E-state index is 2.38. The third kappa shape index (κ3) is 5.15. The van der Waals surface area contributed by atoms with Crippen molar-refractivity contribution in [2.75, 3.05) is 9.80 Å². The van der Waals surface area contributed by atoms with E-state index in [1.165, 1.54) is 44.8 Å². The number of allylic oxidation sites excluding steroid dienone is 2. The molecule has 0 atom stereocenters. The summed E-state index contributed by atoms with van der Waals surface area (Å²) in [7, 11) is 0. The minimum absolute atomic E-state index is 0.960. The van der Waals surface area contributed by atoms with Crippen LogP contribution in [0.1, 0.15) is 28.7 Å². The van der Waals surface area contributed by atoms with Crippen molar-refractivity contribution in [2.45, 2.75) is 19.3 Å². The molecule has 0 radical (unpaired) electrons. The van der Waals surface area contributed by atoms with Crippen LogP contribution in [0.15, 0.2) is 158 Å². The average Bonchev–Trinajstić information content (AvgIpc) is 3.60. The van der Waals surface area contributed by atoms with E-state index in [4.69, 9.17) is 0 Å². The Kier molecular flexibility index (Phi) is 7.09. The molecule has 2 aliphatic rings. The minimum atomic E-state index is 0.960. The Morgan fingerprint density at radius 3 is 1.62 bits per heavy atom. The normalized spacial score (nSPS) is 12.9. The van der Waals surface area contributed by atoms with Crippen molar-refractivity contribution in [2.24, 2.45) is 0 Å². The first-order valence-corrected chi connectivity index (χ1v) is 15.8. The highest BCUT2D eigenvalue weighted by atomic mass is 15.1. The van der Waals surface area contributed by atoms with Gasteiger partial charge in [-0.15, -0.1) is 0 Å². The number of fused-ring (bicyclic) bond motifs is 2. The summed E-state index contributed by atoms with van der Waals surface area (Å²) in [6.07, 6.45) is 12.2. The van der Waals surface area contributed by atoms with Gasteiger partial charge in [-0.3, -0.25) is 0 Å². The minimum Gasteiger partial charge on any atom is -0.310 e. The van der Waals surface area contributed by atoms with Gasteiger partial charge in [-0.05, 0) is 108 Å². The third-order valence-electron chi connectivity index (χ3n) is 8.94. The van der Waals surface area contributed by atoms with E-state index >= 15 is 0 Å². The molecule has 0 aliphatic heterocycles. The van der Waals surface area contributed by atoms with Gasteiger partial charge < -0.3 is 9.80 Å². The van der Waals surface area contributed by atoms with Crippen molar-refractivity contribution < 1.29 is 0 Å². The molecular weight excluding hydrogens is 544 g/mol. The van der Waals surface area contributed by atoms with E-state index in [0.29, 0.717) is 0 Å². The molecule has 6 aromatic carbocycles. The highest BCUT2D eigenvalue weighted by Gasteiger charge is 2.20. The van der Waals surface area contributed by atoms with E-state index in [1.54, 1.807) is 0 Å². The van der Waals surface area contributed by atoms with Crippen molar-refractivity contribution in [3.8, 4) is 11.1 Å². The van der Waals surface area contributed by atoms with E-state index in [2.05, 4.69) is 180 Å². The van der Waals surface area contributed by atoms with E-state index in [-0.39, 0.29) is 0 Å². The Morgan fingerprint density at radius 1 is 0.422 bits per heavy atom. The monoisotopic (exact) mass is 578 g/mol. The molecule has 0 amide bonds. The first-order chi connectivity index (χ1) is 22.3. The predicted octanol–water partition coefficient (Wildman–Crippen LogP) is 11.8. The quantitative estimate of drug-likeness (QED) is 0.186. The van der Waals surface area contributed by atoms with Crippen molar-refractivity contribution in [3.05, 3.63) is 180 Å². The zero-order valence-electron chi connectivity index (χ0n) is 25.2. The summed E-state index contributed by atoms with van der Waals surface area (Å²) in [6, 6.07) is 52.6. The van der Waals surface area contributed by atoms with Gasteiger partial charge in [0.15, 0.2) is 0 Å². The Balaban J connectivity index is 1.14. The highest BCUT2D eigenvalue weighted by molar-refractivity contribution is 5.86. The molecule has 0 bridgehead atoms. The molecule has 0 fully saturated rings. The predicted molar refractivity (Wildman–Crippen MR) is 191 cm³/mol. The SMILES string of the molecule is C1=Cc2c(cccc2N(c2ccccc2)c2ccc(-c3ccc(N(c4ccccc4)c4cccc5c4CC=C5)cc3)cc2)CC1. The van der Waals surface area contributed by atoms with Crippen LogP contribution in [0.3, 0.4) is 0 Å². The summed E-state index contributed by atoms with van der Waals surface area (Å²) in [5.74, 6) is 0. The van der Waals surface area contributed by atoms with Crippen molar-refractivity contribution in [1.82, 2.24) is 0 Å². The van der Waals surface area contributed by atoms with Crippen LogP contribution in [-0.4, -0.2) is 0 Å². The second kappa shape index (κ2) is 11.8. The Morgan fingerprint density at radius 2 is 0.978 bits per heavy atom. The smallest absolute Gasteiger partial charge is 0.0536 e. The number of rotatable bonds is 7. The second-order valence-electron chi connectivity index (χ2n) is 11.7. The lowest BCUT2D eigenvalue weighted by Gasteiger charge is -2.29. The molecule has 2 heteroatoms. The van der Waals surface area contributed by atoms with Crippen LogP contribution in [0.25, 0.3) is 23.3 Å². The molecule has 0 unspecified atom stereocenters. The van der Waals surface area contributed by atoms with E-state index in [1.807, 2.05) is 0 Å². The molecule has 6 aromatic rings. The van der Waals surface area contributed by atoms with Crippen LogP contribution in [0, 0.1) is 0 Å². The molecule has 2 aliphatic carbocycles. The fourth-order valence-corrected chi connectivity index (χ4v) is 6.74. The number of para-hydroxylation sites is 2. The topological polar surface area (TPSA) is 6.48 Å². The van der Waals surface area contributed by atoms with E-state index < -0.39 is 0 Å². The molecule has 0 N–H and O–H groups in total. The Bertz CT molecular complexity index is 2000. The molecule has 0 saturated heterocycles. The largest absolute Gasteiger partial charge is 0.310 e. The van der Waals surface area contributed by atoms with Gasteiger partial charge in [0.25, 0.3) is 0 Å². The summed E-state index contributed by atoms with van der Waals surface area (Å²) < 4.78 is 0. The Labute approximate surface area is 265 Å². The number of anilines is 6. The van der Waals surface area contributed by atoms with Gasteiger partial charge in [-0.1, -0.05) is 109 Å². The number of hydrogen-bond acceptors (Lipinski definition) is 2. The number of nitrogens with zero attached hydrogens (tertiary/aromatic N) is 2. The van der Waals surface area contributed by atoms with Crippen LogP contribution >= 0.6 is 0 Å². The van der Waals surface area contributed by atoms with Crippen LogP contribution in [-0.2, 0) is 12.8 Å². The maximum atomic E-state index is 2.38. The molecule has 8 rings (SSSR count). The number of aryl methyl sites for hydroxylation is 1. The van der Waals surface area contributed by atoms with Crippen LogP contribution in [0.2, 0.25) is 0 Å². The van der Waals surface area contributed by atoms with Crippen LogP contribution < -0.4 is 9.80 Å². The zero-order valence-corrected chi connectivity index (χ0v) is 25.2. The van der Waals surface area contributed by atoms with Crippen LogP contribution in [0.5, 0.6) is 0 Å². The molecule has 0 saturated carbocycles. The van der Waals surface area contributed by atoms with Gasteiger partial charge >= 0.3 is 0 Å². The second-order valence-corrected chi connectivity index (χ2v) is 11.7. The van der Waals surface area contributed by atoms with E-state index in [0.717, 1.165) is 42.0 Å². The van der Waals surface area contributed by atoms with E-state index in [9.17, 15) is 0 Å². The molecule has 0 heterocycles. The molecule has 2 nitrogen and oxygen atoms in total. The molecule has 216 valence electrons. The van der Waals surface area contributed by atoms with Gasteiger partial charge in [0.1, 0.15) is 0 Å². The average molecular weight is 579 g/mol. The fraction of sp³-hybridized carbons (Fsp3) is 0.0698. The molecule has 45 heavy (non-hydrogen) atoms. The van der Waals surface area contributed by atoms with Gasteiger partial charge in [-0.25, -0.2) is 0 Å². The molecule has 0 aromatic heterocycles. The van der Waals surface area contributed by atoms with Crippen molar-refractivity contribution in [1.29, 1.82) is 0 Å². The lowest BCUT2D eigenvalue weighted by atomic mass is 9.95. The van der Waals surface area contributed by atoms with Gasteiger partial charge in [0.2, 0.25) is 0 Å².